The van der Waals surface area contributed by atoms with Gasteiger partial charge in [0, 0.05) is 20.2 Å². The van der Waals surface area contributed by atoms with Gasteiger partial charge in [0.15, 0.2) is 0 Å². The van der Waals surface area contributed by atoms with Gasteiger partial charge in [-0.2, -0.15) is 0 Å². The van der Waals surface area contributed by atoms with E-state index in [0.29, 0.717) is 32.0 Å². The first kappa shape index (κ1) is 16.7. The first-order valence-electron chi connectivity index (χ1n) is 7.11. The average Bonchev–Trinajstić information content (AvgIpc) is 2.43. The number of carbonyl (C=O) groups is 1. The molecule has 0 aliphatic rings. The van der Waals surface area contributed by atoms with E-state index in [1.54, 1.807) is 7.11 Å². The normalized spacial score (nSPS) is 12.4. The Kier molecular flexibility index (Phi) is 7.26. The lowest BCUT2D eigenvalue weighted by atomic mass is 10.0. The minimum absolute atomic E-state index is 0.000368. The van der Waals surface area contributed by atoms with E-state index in [0.717, 1.165) is 5.56 Å². The number of carbonyl (C=O) groups excluding carboxylic acids is 1. The monoisotopic (exact) mass is 278 g/mol. The molecule has 0 saturated carbocycles. The van der Waals surface area contributed by atoms with Gasteiger partial charge in [0.1, 0.15) is 0 Å². The number of hydrogen-bond acceptors (Lipinski definition) is 3. The van der Waals surface area contributed by atoms with Crippen molar-refractivity contribution in [2.45, 2.75) is 26.3 Å². The number of hydrogen-bond donors (Lipinski definition) is 1. The molecule has 1 amide bonds. The van der Waals surface area contributed by atoms with Crippen molar-refractivity contribution in [3.05, 3.63) is 35.9 Å². The maximum atomic E-state index is 12.4. The van der Waals surface area contributed by atoms with Crippen LogP contribution in [0.2, 0.25) is 0 Å². The summed E-state index contributed by atoms with van der Waals surface area (Å²) in [5.41, 5.74) is 7.15. The van der Waals surface area contributed by atoms with Crippen LogP contribution >= 0.6 is 0 Å². The molecule has 0 bridgehead atoms. The van der Waals surface area contributed by atoms with Gasteiger partial charge in [-0.15, -0.1) is 0 Å². The van der Waals surface area contributed by atoms with Gasteiger partial charge in [0.05, 0.1) is 12.6 Å². The molecular weight excluding hydrogens is 252 g/mol. The summed E-state index contributed by atoms with van der Waals surface area (Å²) >= 11 is 0. The summed E-state index contributed by atoms with van der Waals surface area (Å²) in [7, 11) is 1.64. The van der Waals surface area contributed by atoms with E-state index in [9.17, 15) is 4.79 Å². The largest absolute Gasteiger partial charge is 0.383 e. The zero-order valence-corrected chi connectivity index (χ0v) is 12.7. The third-order valence-corrected chi connectivity index (χ3v) is 3.08. The van der Waals surface area contributed by atoms with Crippen molar-refractivity contribution in [2.75, 3.05) is 26.8 Å². The van der Waals surface area contributed by atoms with Crippen LogP contribution in [0.15, 0.2) is 30.3 Å². The molecular formula is C16H26N2O2. The quantitative estimate of drug-likeness (QED) is 0.787. The molecule has 20 heavy (non-hydrogen) atoms. The van der Waals surface area contributed by atoms with Gasteiger partial charge in [-0.25, -0.2) is 0 Å². The molecule has 1 rings (SSSR count). The number of amides is 1. The van der Waals surface area contributed by atoms with Gasteiger partial charge in [-0.05, 0) is 17.9 Å². The van der Waals surface area contributed by atoms with Crippen LogP contribution in [0.5, 0.6) is 0 Å². The Bertz CT molecular complexity index is 393. The van der Waals surface area contributed by atoms with Crippen molar-refractivity contribution in [3.8, 4) is 0 Å². The fourth-order valence-electron chi connectivity index (χ4n) is 2.12. The van der Waals surface area contributed by atoms with Crippen LogP contribution in [0.4, 0.5) is 0 Å². The molecule has 0 aromatic heterocycles. The molecule has 0 unspecified atom stereocenters. The molecule has 0 fully saturated rings. The summed E-state index contributed by atoms with van der Waals surface area (Å²) in [6, 6.07) is 9.38. The highest BCUT2D eigenvalue weighted by Gasteiger charge is 2.21. The van der Waals surface area contributed by atoms with E-state index in [1.165, 1.54) is 0 Å². The van der Waals surface area contributed by atoms with E-state index in [2.05, 4.69) is 13.8 Å². The second kappa shape index (κ2) is 8.72. The Morgan fingerprint density at radius 1 is 1.30 bits per heavy atom. The second-order valence-electron chi connectivity index (χ2n) is 5.47. The van der Waals surface area contributed by atoms with Crippen molar-refractivity contribution in [1.29, 1.82) is 0 Å². The first-order valence-corrected chi connectivity index (χ1v) is 7.11. The van der Waals surface area contributed by atoms with E-state index in [4.69, 9.17) is 10.5 Å². The van der Waals surface area contributed by atoms with Gasteiger partial charge in [-0.1, -0.05) is 44.2 Å². The summed E-state index contributed by atoms with van der Waals surface area (Å²) in [4.78, 5) is 14.2. The third-order valence-electron chi connectivity index (χ3n) is 3.08. The molecule has 0 aliphatic heterocycles. The van der Waals surface area contributed by atoms with Crippen molar-refractivity contribution in [1.82, 2.24) is 4.90 Å². The molecule has 0 heterocycles. The van der Waals surface area contributed by atoms with E-state index in [-0.39, 0.29) is 5.91 Å². The Labute approximate surface area is 121 Å². The molecule has 1 atom stereocenters. The van der Waals surface area contributed by atoms with Crippen LogP contribution in [-0.2, 0) is 16.0 Å². The van der Waals surface area contributed by atoms with E-state index in [1.807, 2.05) is 35.2 Å². The molecule has 4 nitrogen and oxygen atoms in total. The lowest BCUT2D eigenvalue weighted by Crippen LogP contribution is -2.47. The van der Waals surface area contributed by atoms with Crippen molar-refractivity contribution < 1.29 is 9.53 Å². The minimum Gasteiger partial charge on any atom is -0.383 e. The number of rotatable bonds is 8. The zero-order chi connectivity index (χ0) is 15.0. The van der Waals surface area contributed by atoms with Crippen LogP contribution in [0.25, 0.3) is 0 Å². The molecule has 0 saturated heterocycles. The second-order valence-corrected chi connectivity index (χ2v) is 5.47. The fourth-order valence-corrected chi connectivity index (χ4v) is 2.12. The molecule has 1 aromatic rings. The molecule has 0 spiro atoms. The highest BCUT2D eigenvalue weighted by molar-refractivity contribution is 5.82. The van der Waals surface area contributed by atoms with Gasteiger partial charge in [-0.3, -0.25) is 4.79 Å². The topological polar surface area (TPSA) is 55.6 Å². The standard InChI is InChI=1S/C16H26N2O2/c1-13(2)12-18(9-10-20-3)16(19)15(17)11-14-7-5-4-6-8-14/h4-8,13,15H,9-12,17H2,1-3H3/t15-/m0/s1. The molecule has 2 N–H and O–H groups in total. The van der Waals surface area contributed by atoms with Crippen LogP contribution in [0.3, 0.4) is 0 Å². The number of ether oxygens (including phenoxy) is 1. The van der Waals surface area contributed by atoms with Crippen LogP contribution in [0, 0.1) is 5.92 Å². The molecule has 1 aromatic carbocycles. The van der Waals surface area contributed by atoms with Crippen molar-refractivity contribution in [2.24, 2.45) is 11.7 Å². The molecule has 0 aliphatic carbocycles. The van der Waals surface area contributed by atoms with Crippen LogP contribution in [0.1, 0.15) is 19.4 Å². The summed E-state index contributed by atoms with van der Waals surface area (Å²) in [6.07, 6.45) is 0.571. The van der Waals surface area contributed by atoms with Gasteiger partial charge in [0.25, 0.3) is 0 Å². The Morgan fingerprint density at radius 3 is 2.50 bits per heavy atom. The lowest BCUT2D eigenvalue weighted by molar-refractivity contribution is -0.133. The lowest BCUT2D eigenvalue weighted by Gasteiger charge is -2.27. The SMILES string of the molecule is COCCN(CC(C)C)C(=O)[C@@H](N)Cc1ccccc1. The van der Waals surface area contributed by atoms with E-state index < -0.39 is 6.04 Å². The molecule has 0 radical (unpaired) electrons. The van der Waals surface area contributed by atoms with Crippen LogP contribution < -0.4 is 5.73 Å². The predicted molar refractivity (Wildman–Crippen MR) is 81.4 cm³/mol. The number of methoxy groups -OCH3 is 1. The highest BCUT2D eigenvalue weighted by atomic mass is 16.5. The fraction of sp³-hybridized carbons (Fsp3) is 0.562. The number of nitrogens with two attached hydrogens (primary N) is 1. The number of nitrogens with zero attached hydrogens (tertiary/aromatic N) is 1. The van der Waals surface area contributed by atoms with Gasteiger partial charge < -0.3 is 15.4 Å². The first-order chi connectivity index (χ1) is 9.54. The summed E-state index contributed by atoms with van der Waals surface area (Å²) in [5, 5.41) is 0. The van der Waals surface area contributed by atoms with Crippen molar-refractivity contribution >= 4 is 5.91 Å². The smallest absolute Gasteiger partial charge is 0.239 e. The van der Waals surface area contributed by atoms with Crippen LogP contribution in [-0.4, -0.2) is 43.7 Å². The summed E-state index contributed by atoms with van der Waals surface area (Å²) in [5.74, 6) is 0.416. The predicted octanol–water partition coefficient (Wildman–Crippen LogP) is 1.69. The summed E-state index contributed by atoms with van der Waals surface area (Å²) in [6.45, 7) is 6.03. The average molecular weight is 278 g/mol. The Morgan fingerprint density at radius 2 is 1.95 bits per heavy atom. The van der Waals surface area contributed by atoms with Gasteiger partial charge in [0.2, 0.25) is 5.91 Å². The molecule has 112 valence electrons. The Hall–Kier alpha value is -1.39. The summed E-state index contributed by atoms with van der Waals surface area (Å²) < 4.78 is 5.07. The maximum Gasteiger partial charge on any atom is 0.239 e. The highest BCUT2D eigenvalue weighted by Crippen LogP contribution is 2.06. The third kappa shape index (κ3) is 5.72. The number of benzene rings is 1. The molecule has 4 heteroatoms. The maximum absolute atomic E-state index is 12.4. The minimum atomic E-state index is -0.493. The van der Waals surface area contributed by atoms with Crippen molar-refractivity contribution in [3.63, 3.8) is 0 Å². The van der Waals surface area contributed by atoms with E-state index >= 15 is 0 Å². The zero-order valence-electron chi connectivity index (χ0n) is 12.7. The van der Waals surface area contributed by atoms with Gasteiger partial charge >= 0.3 is 0 Å². The Balaban J connectivity index is 2.62.